The zero-order chi connectivity index (χ0) is 17.1. The fourth-order valence-corrected chi connectivity index (χ4v) is 3.47. The lowest BCUT2D eigenvalue weighted by molar-refractivity contribution is -0.119. The Labute approximate surface area is 139 Å². The summed E-state index contributed by atoms with van der Waals surface area (Å²) in [5.41, 5.74) is 1.75. The van der Waals surface area contributed by atoms with Crippen LogP contribution in [0.1, 0.15) is 18.4 Å². The van der Waals surface area contributed by atoms with E-state index in [1.54, 1.807) is 11.0 Å². The van der Waals surface area contributed by atoms with Crippen molar-refractivity contribution in [1.82, 2.24) is 4.90 Å². The fraction of sp³-hybridized carbons (Fsp3) is 0.588. The van der Waals surface area contributed by atoms with Gasteiger partial charge in [0.25, 0.3) is 0 Å². The van der Waals surface area contributed by atoms with Crippen molar-refractivity contribution in [3.8, 4) is 5.75 Å². The Morgan fingerprint density at radius 3 is 2.54 bits per heavy atom. The molecule has 1 saturated heterocycles. The van der Waals surface area contributed by atoms with Gasteiger partial charge in [0.2, 0.25) is 6.41 Å². The van der Waals surface area contributed by atoms with Gasteiger partial charge < -0.3 is 14.5 Å². The molecule has 2 aliphatic heterocycles. The number of carbonyl (C=O) groups excluding carboxylic acids is 1. The van der Waals surface area contributed by atoms with Crippen LogP contribution in [-0.2, 0) is 11.2 Å². The number of piperidine rings is 1. The number of anilines is 1. The molecule has 1 aromatic carbocycles. The standard InChI is InChI=1S/C17H21F3N2O2/c18-9-14(10-19)24-17-7-12-1-6-22(16(12)8-15(17)20)13-2-4-21(11-23)5-3-13/h7-8,11,13-14H,1-6,9-10H2. The van der Waals surface area contributed by atoms with Crippen LogP contribution in [0.2, 0.25) is 0 Å². The summed E-state index contributed by atoms with van der Waals surface area (Å²) in [7, 11) is 0. The number of amides is 1. The van der Waals surface area contributed by atoms with Crippen molar-refractivity contribution in [3.05, 3.63) is 23.5 Å². The van der Waals surface area contributed by atoms with Crippen LogP contribution in [-0.4, -0.2) is 56.4 Å². The van der Waals surface area contributed by atoms with E-state index in [9.17, 15) is 18.0 Å². The summed E-state index contributed by atoms with van der Waals surface area (Å²) in [4.78, 5) is 14.7. The highest BCUT2D eigenvalue weighted by Gasteiger charge is 2.30. The van der Waals surface area contributed by atoms with E-state index in [-0.39, 0.29) is 11.8 Å². The van der Waals surface area contributed by atoms with Gasteiger partial charge in [-0.05, 0) is 30.9 Å². The Hall–Kier alpha value is -1.92. The van der Waals surface area contributed by atoms with Gasteiger partial charge in [0.1, 0.15) is 13.3 Å². The van der Waals surface area contributed by atoms with Crippen molar-refractivity contribution in [2.45, 2.75) is 31.4 Å². The smallest absolute Gasteiger partial charge is 0.209 e. The number of likely N-dealkylation sites (tertiary alicyclic amines) is 1. The first-order valence-electron chi connectivity index (χ1n) is 8.23. The summed E-state index contributed by atoms with van der Waals surface area (Å²) < 4.78 is 44.6. The lowest BCUT2D eigenvalue weighted by Crippen LogP contribution is -2.44. The van der Waals surface area contributed by atoms with Gasteiger partial charge >= 0.3 is 0 Å². The van der Waals surface area contributed by atoms with Crippen molar-refractivity contribution in [1.29, 1.82) is 0 Å². The Morgan fingerprint density at radius 2 is 1.92 bits per heavy atom. The number of carbonyl (C=O) groups is 1. The summed E-state index contributed by atoms with van der Waals surface area (Å²) >= 11 is 0. The number of fused-ring (bicyclic) bond motifs is 1. The Bertz CT molecular complexity index is 587. The number of benzene rings is 1. The summed E-state index contributed by atoms with van der Waals surface area (Å²) in [6.07, 6.45) is 2.05. The SMILES string of the molecule is O=CN1CCC(N2CCc3cc(OC(CF)CF)c(F)cc32)CC1. The molecule has 0 unspecified atom stereocenters. The van der Waals surface area contributed by atoms with Crippen LogP contribution in [0.4, 0.5) is 18.9 Å². The molecule has 0 spiro atoms. The van der Waals surface area contributed by atoms with E-state index in [2.05, 4.69) is 4.90 Å². The highest BCUT2D eigenvalue weighted by molar-refractivity contribution is 5.61. The van der Waals surface area contributed by atoms with Gasteiger partial charge in [-0.3, -0.25) is 4.79 Å². The van der Waals surface area contributed by atoms with Crippen molar-refractivity contribution < 1.29 is 22.7 Å². The molecular weight excluding hydrogens is 321 g/mol. The summed E-state index contributed by atoms with van der Waals surface area (Å²) in [5, 5.41) is 0. The number of hydrogen-bond donors (Lipinski definition) is 0. The monoisotopic (exact) mass is 342 g/mol. The van der Waals surface area contributed by atoms with E-state index < -0.39 is 25.3 Å². The minimum Gasteiger partial charge on any atom is -0.482 e. The summed E-state index contributed by atoms with van der Waals surface area (Å²) in [6.45, 7) is 0.208. The molecule has 0 radical (unpaired) electrons. The molecule has 0 bridgehead atoms. The molecule has 0 saturated carbocycles. The van der Waals surface area contributed by atoms with E-state index in [4.69, 9.17) is 4.74 Å². The molecule has 4 nitrogen and oxygen atoms in total. The second kappa shape index (κ2) is 7.32. The minimum atomic E-state index is -1.26. The average Bonchev–Trinajstić information content (AvgIpc) is 3.02. The molecule has 0 atom stereocenters. The molecule has 132 valence electrons. The number of ether oxygens (including phenoxy) is 1. The van der Waals surface area contributed by atoms with Crippen LogP contribution in [0.3, 0.4) is 0 Å². The highest BCUT2D eigenvalue weighted by atomic mass is 19.1. The van der Waals surface area contributed by atoms with Crippen LogP contribution < -0.4 is 9.64 Å². The number of alkyl halides is 2. The number of hydrogen-bond acceptors (Lipinski definition) is 3. The zero-order valence-electron chi connectivity index (χ0n) is 13.4. The first kappa shape index (κ1) is 16.9. The maximum atomic E-state index is 14.3. The second-order valence-corrected chi connectivity index (χ2v) is 6.28. The van der Waals surface area contributed by atoms with Gasteiger partial charge in [0.15, 0.2) is 17.7 Å². The predicted molar refractivity (Wildman–Crippen MR) is 84.5 cm³/mol. The zero-order valence-corrected chi connectivity index (χ0v) is 13.4. The molecule has 1 aromatic rings. The fourth-order valence-electron chi connectivity index (χ4n) is 3.47. The summed E-state index contributed by atoms with van der Waals surface area (Å²) in [5.74, 6) is -0.690. The normalized spacial score (nSPS) is 18.2. The van der Waals surface area contributed by atoms with E-state index in [1.807, 2.05) is 0 Å². The van der Waals surface area contributed by atoms with Crippen LogP contribution in [0, 0.1) is 5.82 Å². The van der Waals surface area contributed by atoms with E-state index in [0.717, 1.165) is 43.5 Å². The molecule has 0 aliphatic carbocycles. The predicted octanol–water partition coefficient (Wildman–Crippen LogP) is 2.50. The Balaban J connectivity index is 1.75. The topological polar surface area (TPSA) is 32.8 Å². The van der Waals surface area contributed by atoms with Gasteiger partial charge in [-0.1, -0.05) is 0 Å². The quantitative estimate of drug-likeness (QED) is 0.745. The van der Waals surface area contributed by atoms with E-state index >= 15 is 0 Å². The van der Waals surface area contributed by atoms with Crippen LogP contribution in [0.15, 0.2) is 12.1 Å². The van der Waals surface area contributed by atoms with Gasteiger partial charge in [-0.2, -0.15) is 0 Å². The first-order chi connectivity index (χ1) is 11.7. The minimum absolute atomic E-state index is 0.0910. The number of rotatable bonds is 6. The maximum absolute atomic E-state index is 14.3. The van der Waals surface area contributed by atoms with E-state index in [1.165, 1.54) is 6.07 Å². The third kappa shape index (κ3) is 3.30. The molecule has 1 amide bonds. The van der Waals surface area contributed by atoms with Gasteiger partial charge in [0, 0.05) is 37.4 Å². The van der Waals surface area contributed by atoms with Crippen molar-refractivity contribution >= 4 is 12.1 Å². The Kier molecular flexibility index (Phi) is 5.16. The summed E-state index contributed by atoms with van der Waals surface area (Å²) in [6, 6.07) is 3.24. The number of nitrogens with zero attached hydrogens (tertiary/aromatic N) is 2. The van der Waals surface area contributed by atoms with Gasteiger partial charge in [-0.15, -0.1) is 0 Å². The lowest BCUT2D eigenvalue weighted by atomic mass is 10.0. The molecule has 7 heteroatoms. The van der Waals surface area contributed by atoms with Crippen molar-refractivity contribution in [2.75, 3.05) is 37.9 Å². The molecule has 3 rings (SSSR count). The van der Waals surface area contributed by atoms with Crippen LogP contribution >= 0.6 is 0 Å². The molecule has 0 aromatic heterocycles. The third-order valence-corrected chi connectivity index (χ3v) is 4.79. The second-order valence-electron chi connectivity index (χ2n) is 6.28. The Morgan fingerprint density at radius 1 is 1.21 bits per heavy atom. The maximum Gasteiger partial charge on any atom is 0.209 e. The molecule has 1 fully saturated rings. The molecular formula is C17H21F3N2O2. The third-order valence-electron chi connectivity index (χ3n) is 4.79. The van der Waals surface area contributed by atoms with Crippen LogP contribution in [0.5, 0.6) is 5.75 Å². The van der Waals surface area contributed by atoms with Crippen molar-refractivity contribution in [3.63, 3.8) is 0 Å². The van der Waals surface area contributed by atoms with Crippen LogP contribution in [0.25, 0.3) is 0 Å². The molecule has 24 heavy (non-hydrogen) atoms. The van der Waals surface area contributed by atoms with Gasteiger partial charge in [-0.25, -0.2) is 13.2 Å². The first-order valence-corrected chi connectivity index (χ1v) is 8.23. The lowest BCUT2D eigenvalue weighted by Gasteiger charge is -2.36. The largest absolute Gasteiger partial charge is 0.482 e. The number of halogens is 3. The van der Waals surface area contributed by atoms with Crippen molar-refractivity contribution in [2.24, 2.45) is 0 Å². The average molecular weight is 342 g/mol. The molecule has 0 N–H and O–H groups in total. The highest BCUT2D eigenvalue weighted by Crippen LogP contribution is 2.36. The molecule has 2 heterocycles. The molecule has 2 aliphatic rings. The van der Waals surface area contributed by atoms with E-state index in [0.29, 0.717) is 13.1 Å². The van der Waals surface area contributed by atoms with Gasteiger partial charge in [0.05, 0.1) is 0 Å².